The molecule has 0 fully saturated rings. The van der Waals surface area contributed by atoms with Gasteiger partial charge in [0.15, 0.2) is 17.1 Å². The largest absolute Gasteiger partial charge is 0.461 e. The number of nitrogens with zero attached hydrogens (tertiary/aromatic N) is 6. The number of anilines is 1. The highest BCUT2D eigenvalue weighted by molar-refractivity contribution is 5.90. The fraction of sp³-hybridized carbons (Fsp3) is 0.267. The van der Waals surface area contributed by atoms with Gasteiger partial charge in [-0.2, -0.15) is 14.6 Å². The summed E-state index contributed by atoms with van der Waals surface area (Å²) in [6, 6.07) is 3.52. The van der Waals surface area contributed by atoms with E-state index in [0.29, 0.717) is 42.3 Å². The van der Waals surface area contributed by atoms with Crippen molar-refractivity contribution in [3.05, 3.63) is 24.6 Å². The van der Waals surface area contributed by atoms with Gasteiger partial charge < -0.3 is 10.2 Å². The van der Waals surface area contributed by atoms with Crippen LogP contribution in [0.2, 0.25) is 0 Å². The fourth-order valence-electron chi connectivity index (χ4n) is 2.73. The van der Waals surface area contributed by atoms with Crippen LogP contribution >= 0.6 is 0 Å². The number of carbonyl (C=O) groups is 1. The molecule has 11 heteroatoms. The van der Waals surface area contributed by atoms with Gasteiger partial charge in [0.25, 0.3) is 0 Å². The van der Waals surface area contributed by atoms with Crippen LogP contribution in [0.1, 0.15) is 19.3 Å². The highest BCUT2D eigenvalue weighted by Crippen LogP contribution is 2.23. The summed E-state index contributed by atoms with van der Waals surface area (Å²) in [6.07, 6.45) is 4.76. The zero-order valence-corrected chi connectivity index (χ0v) is 13.7. The second kappa shape index (κ2) is 6.44. The molecule has 4 aromatic heterocycles. The third-order valence-electron chi connectivity index (χ3n) is 3.99. The van der Waals surface area contributed by atoms with E-state index in [1.54, 1.807) is 34.8 Å². The van der Waals surface area contributed by atoms with Crippen LogP contribution in [0.15, 0.2) is 29.0 Å². The summed E-state index contributed by atoms with van der Waals surface area (Å²) < 4.78 is 8.50. The molecule has 0 aliphatic heterocycles. The molecule has 0 unspecified atom stereocenters. The summed E-state index contributed by atoms with van der Waals surface area (Å²) in [7, 11) is 0. The first-order valence-corrected chi connectivity index (χ1v) is 8.02. The maximum atomic E-state index is 11.0. The molecule has 0 atom stereocenters. The molecule has 0 bridgehead atoms. The zero-order valence-electron chi connectivity index (χ0n) is 13.7. The first-order chi connectivity index (χ1) is 12.7. The molecule has 0 aromatic carbocycles. The summed E-state index contributed by atoms with van der Waals surface area (Å²) in [6.45, 7) is 0.560. The van der Waals surface area contributed by atoms with E-state index in [1.807, 2.05) is 0 Å². The standard InChI is InChI=1S/C15H16N8O3/c16-15-19-13-9(8-17-22(13)6-2-1-5-11(24)21-25)14-18-12(20-23(14)15)10-4-3-7-26-10/h3-4,7-8,25H,1-2,5-6H2,(H2,16,19)(H,21,24). The molecule has 0 aliphatic carbocycles. The van der Waals surface area contributed by atoms with E-state index in [0.717, 1.165) is 5.39 Å². The molecule has 4 aromatic rings. The Labute approximate surface area is 146 Å². The lowest BCUT2D eigenvalue weighted by molar-refractivity contribution is -0.129. The number of fused-ring (bicyclic) bond motifs is 3. The molecule has 0 radical (unpaired) electrons. The van der Waals surface area contributed by atoms with Gasteiger partial charge in [-0.3, -0.25) is 10.0 Å². The molecule has 4 N–H and O–H groups in total. The Kier molecular flexibility index (Phi) is 3.97. The average molecular weight is 356 g/mol. The number of amides is 1. The van der Waals surface area contributed by atoms with Crippen molar-refractivity contribution in [1.29, 1.82) is 0 Å². The number of hydroxylamine groups is 1. The van der Waals surface area contributed by atoms with Crippen LogP contribution in [-0.2, 0) is 11.3 Å². The predicted octanol–water partition coefficient (Wildman–Crippen LogP) is 0.992. The van der Waals surface area contributed by atoms with Crippen LogP contribution in [0.3, 0.4) is 0 Å². The number of aryl methyl sites for hydroxylation is 1. The van der Waals surface area contributed by atoms with Crippen molar-refractivity contribution in [1.82, 2.24) is 34.8 Å². The van der Waals surface area contributed by atoms with Crippen LogP contribution in [0.5, 0.6) is 0 Å². The minimum absolute atomic E-state index is 0.194. The Morgan fingerprint density at radius 3 is 2.96 bits per heavy atom. The van der Waals surface area contributed by atoms with Crippen molar-refractivity contribution in [2.45, 2.75) is 25.8 Å². The monoisotopic (exact) mass is 356 g/mol. The topological polar surface area (TPSA) is 149 Å². The van der Waals surface area contributed by atoms with Crippen molar-refractivity contribution in [2.24, 2.45) is 0 Å². The molecular weight excluding hydrogens is 340 g/mol. The van der Waals surface area contributed by atoms with Crippen molar-refractivity contribution < 1.29 is 14.4 Å². The number of nitrogen functional groups attached to an aromatic ring is 1. The molecule has 4 heterocycles. The molecule has 0 saturated carbocycles. The van der Waals surface area contributed by atoms with Gasteiger partial charge >= 0.3 is 0 Å². The summed E-state index contributed by atoms with van der Waals surface area (Å²) in [4.78, 5) is 19.9. The Hall–Kier alpha value is -3.47. The fourth-order valence-corrected chi connectivity index (χ4v) is 2.73. The lowest BCUT2D eigenvalue weighted by Gasteiger charge is -2.04. The number of aromatic nitrogens is 6. The molecule has 0 spiro atoms. The van der Waals surface area contributed by atoms with Gasteiger partial charge in [-0.05, 0) is 25.0 Å². The lowest BCUT2D eigenvalue weighted by atomic mass is 10.2. The van der Waals surface area contributed by atoms with Crippen molar-refractivity contribution >= 4 is 28.5 Å². The number of rotatable bonds is 6. The maximum absolute atomic E-state index is 11.0. The van der Waals surface area contributed by atoms with E-state index >= 15 is 0 Å². The first kappa shape index (κ1) is 16.0. The summed E-state index contributed by atoms with van der Waals surface area (Å²) in [5.41, 5.74) is 8.78. The van der Waals surface area contributed by atoms with Crippen LogP contribution in [0.25, 0.3) is 28.3 Å². The quantitative estimate of drug-likeness (QED) is 0.263. The molecule has 1 amide bonds. The molecule has 11 nitrogen and oxygen atoms in total. The van der Waals surface area contributed by atoms with Crippen molar-refractivity contribution in [2.75, 3.05) is 5.73 Å². The van der Waals surface area contributed by atoms with Gasteiger partial charge in [-0.25, -0.2) is 15.1 Å². The normalized spacial score (nSPS) is 11.4. The lowest BCUT2D eigenvalue weighted by Crippen LogP contribution is -2.18. The second-order valence-electron chi connectivity index (χ2n) is 5.72. The molecule has 134 valence electrons. The number of hydrogen-bond donors (Lipinski definition) is 3. The van der Waals surface area contributed by atoms with Gasteiger partial charge in [-0.15, -0.1) is 5.10 Å². The number of nitrogens with one attached hydrogen (secondary N) is 1. The minimum Gasteiger partial charge on any atom is -0.461 e. The summed E-state index contributed by atoms with van der Waals surface area (Å²) in [5.74, 6) is 0.738. The molecule has 4 rings (SSSR count). The Morgan fingerprint density at radius 2 is 2.19 bits per heavy atom. The molecule has 26 heavy (non-hydrogen) atoms. The van der Waals surface area contributed by atoms with E-state index in [1.165, 1.54) is 4.52 Å². The zero-order chi connectivity index (χ0) is 18.1. The number of carbonyl (C=O) groups excluding carboxylic acids is 1. The van der Waals surface area contributed by atoms with Crippen LogP contribution < -0.4 is 11.2 Å². The smallest absolute Gasteiger partial charge is 0.243 e. The third kappa shape index (κ3) is 2.73. The maximum Gasteiger partial charge on any atom is 0.243 e. The number of unbranched alkanes of at least 4 members (excludes halogenated alkanes) is 1. The Morgan fingerprint density at radius 1 is 1.31 bits per heavy atom. The second-order valence-corrected chi connectivity index (χ2v) is 5.72. The van der Waals surface area contributed by atoms with E-state index in [4.69, 9.17) is 15.4 Å². The Bertz CT molecular complexity index is 1070. The summed E-state index contributed by atoms with van der Waals surface area (Å²) >= 11 is 0. The minimum atomic E-state index is -0.409. The molecule has 0 saturated heterocycles. The third-order valence-corrected chi connectivity index (χ3v) is 3.99. The van der Waals surface area contributed by atoms with Gasteiger partial charge in [0.05, 0.1) is 17.8 Å². The molecule has 0 aliphatic rings. The van der Waals surface area contributed by atoms with Crippen molar-refractivity contribution in [3.8, 4) is 11.6 Å². The van der Waals surface area contributed by atoms with E-state index in [-0.39, 0.29) is 12.4 Å². The first-order valence-electron chi connectivity index (χ1n) is 8.02. The van der Waals surface area contributed by atoms with Gasteiger partial charge in [0.1, 0.15) is 0 Å². The number of furan rings is 1. The van der Waals surface area contributed by atoms with Gasteiger partial charge in [0, 0.05) is 13.0 Å². The van der Waals surface area contributed by atoms with Crippen LogP contribution in [-0.4, -0.2) is 40.5 Å². The van der Waals surface area contributed by atoms with E-state index < -0.39 is 5.91 Å². The van der Waals surface area contributed by atoms with Crippen molar-refractivity contribution in [3.63, 3.8) is 0 Å². The van der Waals surface area contributed by atoms with E-state index in [2.05, 4.69) is 20.2 Å². The Balaban J connectivity index is 1.64. The van der Waals surface area contributed by atoms with Crippen LogP contribution in [0, 0.1) is 0 Å². The predicted molar refractivity (Wildman–Crippen MR) is 90.0 cm³/mol. The highest BCUT2D eigenvalue weighted by atomic mass is 16.5. The van der Waals surface area contributed by atoms with Gasteiger partial charge in [-0.1, -0.05) is 0 Å². The average Bonchev–Trinajstić information content (AvgIpc) is 3.37. The number of nitrogens with two attached hydrogens (primary N) is 1. The van der Waals surface area contributed by atoms with Gasteiger partial charge in [0.2, 0.25) is 17.7 Å². The number of hydrogen-bond acceptors (Lipinski definition) is 8. The molecular formula is C15H16N8O3. The highest BCUT2D eigenvalue weighted by Gasteiger charge is 2.17. The SMILES string of the molecule is Nc1nc2c(cnn2CCCCC(=O)NO)c2nc(-c3ccco3)nn12. The van der Waals surface area contributed by atoms with E-state index in [9.17, 15) is 4.79 Å². The summed E-state index contributed by atoms with van der Waals surface area (Å²) in [5, 5.41) is 17.9. The van der Waals surface area contributed by atoms with Crippen LogP contribution in [0.4, 0.5) is 5.95 Å².